The molecular formula is C20H23N7O. The van der Waals surface area contributed by atoms with Crippen LogP contribution in [0.4, 0.5) is 28.8 Å². The van der Waals surface area contributed by atoms with Crippen LogP contribution >= 0.6 is 0 Å². The molecule has 4 rings (SSSR count). The van der Waals surface area contributed by atoms with Crippen LogP contribution < -0.4 is 25.6 Å². The van der Waals surface area contributed by atoms with Gasteiger partial charge in [0.15, 0.2) is 11.6 Å². The zero-order valence-corrected chi connectivity index (χ0v) is 15.7. The standard InChI is InChI=1S/C20H23N7O/c1-28-16-6-4-5-15(13-16)25-19-18(21)20(24-14-23-19)27-11-9-26(10-12-27)17-7-2-3-8-22-17/h2-8,13-14H,9-12,21H2,1H3,(H,23,24,25). The summed E-state index contributed by atoms with van der Waals surface area (Å²) in [5.74, 6) is 3.10. The number of hydrogen-bond acceptors (Lipinski definition) is 8. The summed E-state index contributed by atoms with van der Waals surface area (Å²) in [7, 11) is 1.64. The number of ether oxygens (including phenoxy) is 1. The molecule has 1 aromatic carbocycles. The van der Waals surface area contributed by atoms with Crippen LogP contribution in [0.5, 0.6) is 5.75 Å². The maximum atomic E-state index is 6.39. The van der Waals surface area contributed by atoms with Crippen molar-refractivity contribution in [2.75, 3.05) is 54.1 Å². The van der Waals surface area contributed by atoms with Crippen molar-refractivity contribution in [1.29, 1.82) is 0 Å². The van der Waals surface area contributed by atoms with E-state index < -0.39 is 0 Å². The van der Waals surface area contributed by atoms with Crippen molar-refractivity contribution in [2.45, 2.75) is 0 Å². The third kappa shape index (κ3) is 3.75. The minimum Gasteiger partial charge on any atom is -0.497 e. The van der Waals surface area contributed by atoms with Crippen LogP contribution in [0.15, 0.2) is 55.0 Å². The van der Waals surface area contributed by atoms with E-state index in [1.807, 2.05) is 48.7 Å². The predicted molar refractivity (Wildman–Crippen MR) is 111 cm³/mol. The summed E-state index contributed by atoms with van der Waals surface area (Å²) in [6.07, 6.45) is 3.36. The van der Waals surface area contributed by atoms with E-state index in [9.17, 15) is 0 Å². The minimum absolute atomic E-state index is 0.539. The van der Waals surface area contributed by atoms with Gasteiger partial charge in [0.05, 0.1) is 7.11 Å². The summed E-state index contributed by atoms with van der Waals surface area (Å²) >= 11 is 0. The second-order valence-electron chi connectivity index (χ2n) is 6.48. The Morgan fingerprint density at radius 2 is 1.79 bits per heavy atom. The molecule has 1 fully saturated rings. The van der Waals surface area contributed by atoms with E-state index in [0.29, 0.717) is 11.5 Å². The van der Waals surface area contributed by atoms with Gasteiger partial charge in [0.2, 0.25) is 0 Å². The highest BCUT2D eigenvalue weighted by Crippen LogP contribution is 2.30. The molecule has 8 heteroatoms. The van der Waals surface area contributed by atoms with Crippen LogP contribution in [-0.2, 0) is 0 Å². The quantitative estimate of drug-likeness (QED) is 0.701. The monoisotopic (exact) mass is 377 g/mol. The summed E-state index contributed by atoms with van der Waals surface area (Å²) < 4.78 is 5.27. The topological polar surface area (TPSA) is 92.4 Å². The highest BCUT2D eigenvalue weighted by Gasteiger charge is 2.22. The Labute approximate surface area is 164 Å². The summed E-state index contributed by atoms with van der Waals surface area (Å²) in [5.41, 5.74) is 7.79. The van der Waals surface area contributed by atoms with E-state index in [1.54, 1.807) is 13.4 Å². The third-order valence-electron chi connectivity index (χ3n) is 4.75. The van der Waals surface area contributed by atoms with Crippen molar-refractivity contribution in [3.63, 3.8) is 0 Å². The van der Waals surface area contributed by atoms with Gasteiger partial charge in [-0.2, -0.15) is 0 Å². The Hall–Kier alpha value is -3.55. The molecule has 28 heavy (non-hydrogen) atoms. The van der Waals surface area contributed by atoms with Crippen LogP contribution in [0, 0.1) is 0 Å². The van der Waals surface area contributed by atoms with Crippen LogP contribution in [0.3, 0.4) is 0 Å². The molecule has 8 nitrogen and oxygen atoms in total. The van der Waals surface area contributed by atoms with Crippen molar-refractivity contribution < 1.29 is 4.74 Å². The van der Waals surface area contributed by atoms with Gasteiger partial charge in [-0.3, -0.25) is 0 Å². The molecule has 1 aliphatic rings. The van der Waals surface area contributed by atoms with Crippen LogP contribution in [0.2, 0.25) is 0 Å². The summed E-state index contributed by atoms with van der Waals surface area (Å²) in [6, 6.07) is 13.6. The molecule has 1 aliphatic heterocycles. The molecule has 0 atom stereocenters. The first-order valence-electron chi connectivity index (χ1n) is 9.17. The number of nitrogens with zero attached hydrogens (tertiary/aromatic N) is 5. The Balaban J connectivity index is 1.48. The maximum absolute atomic E-state index is 6.39. The molecule has 3 aromatic rings. The lowest BCUT2D eigenvalue weighted by Crippen LogP contribution is -2.47. The van der Waals surface area contributed by atoms with E-state index in [4.69, 9.17) is 10.5 Å². The number of methoxy groups -OCH3 is 1. The van der Waals surface area contributed by atoms with Gasteiger partial charge < -0.3 is 25.6 Å². The number of piperazine rings is 1. The number of nitrogens with two attached hydrogens (primary N) is 1. The fourth-order valence-corrected chi connectivity index (χ4v) is 3.26. The second-order valence-corrected chi connectivity index (χ2v) is 6.48. The van der Waals surface area contributed by atoms with Crippen molar-refractivity contribution in [3.8, 4) is 5.75 Å². The zero-order chi connectivity index (χ0) is 19.3. The number of benzene rings is 1. The molecular weight excluding hydrogens is 354 g/mol. The molecule has 2 aromatic heterocycles. The number of aromatic nitrogens is 3. The normalized spacial score (nSPS) is 14.0. The van der Waals surface area contributed by atoms with Crippen LogP contribution in [0.1, 0.15) is 0 Å². The number of rotatable bonds is 5. The minimum atomic E-state index is 0.539. The van der Waals surface area contributed by atoms with E-state index >= 15 is 0 Å². The van der Waals surface area contributed by atoms with Gasteiger partial charge in [0.25, 0.3) is 0 Å². The molecule has 0 saturated carbocycles. The molecule has 144 valence electrons. The molecule has 0 amide bonds. The number of nitrogens with one attached hydrogen (secondary N) is 1. The number of hydrogen-bond donors (Lipinski definition) is 2. The Kier molecular flexibility index (Phi) is 5.09. The summed E-state index contributed by atoms with van der Waals surface area (Å²) in [5, 5.41) is 3.26. The first-order valence-corrected chi connectivity index (χ1v) is 9.17. The van der Waals surface area contributed by atoms with Crippen molar-refractivity contribution >= 4 is 28.8 Å². The molecule has 3 heterocycles. The zero-order valence-electron chi connectivity index (χ0n) is 15.7. The average molecular weight is 377 g/mol. The lowest BCUT2D eigenvalue weighted by atomic mass is 10.2. The van der Waals surface area contributed by atoms with Gasteiger partial charge in [0, 0.05) is 44.1 Å². The van der Waals surface area contributed by atoms with Gasteiger partial charge >= 0.3 is 0 Å². The highest BCUT2D eigenvalue weighted by molar-refractivity contribution is 5.78. The molecule has 1 saturated heterocycles. The van der Waals surface area contributed by atoms with Crippen LogP contribution in [0.25, 0.3) is 0 Å². The van der Waals surface area contributed by atoms with Gasteiger partial charge in [-0.1, -0.05) is 12.1 Å². The first kappa shape index (κ1) is 17.8. The largest absolute Gasteiger partial charge is 0.497 e. The number of pyridine rings is 1. The molecule has 3 N–H and O–H groups in total. The van der Waals surface area contributed by atoms with E-state index in [0.717, 1.165) is 49.3 Å². The Bertz CT molecular complexity index is 927. The van der Waals surface area contributed by atoms with Gasteiger partial charge in [-0.25, -0.2) is 15.0 Å². The third-order valence-corrected chi connectivity index (χ3v) is 4.75. The number of anilines is 5. The molecule has 0 unspecified atom stereocenters. The summed E-state index contributed by atoms with van der Waals surface area (Å²) in [4.78, 5) is 17.6. The van der Waals surface area contributed by atoms with Gasteiger partial charge in [-0.15, -0.1) is 0 Å². The van der Waals surface area contributed by atoms with Gasteiger partial charge in [-0.05, 0) is 24.3 Å². The van der Waals surface area contributed by atoms with Gasteiger partial charge in [0.1, 0.15) is 23.6 Å². The smallest absolute Gasteiger partial charge is 0.159 e. The van der Waals surface area contributed by atoms with E-state index in [2.05, 4.69) is 30.1 Å². The number of nitrogen functional groups attached to an aromatic ring is 1. The van der Waals surface area contributed by atoms with Crippen molar-refractivity contribution in [2.24, 2.45) is 0 Å². The average Bonchev–Trinajstić information content (AvgIpc) is 2.76. The van der Waals surface area contributed by atoms with Crippen molar-refractivity contribution in [1.82, 2.24) is 15.0 Å². The fraction of sp³-hybridized carbons (Fsp3) is 0.250. The highest BCUT2D eigenvalue weighted by atomic mass is 16.5. The SMILES string of the molecule is COc1cccc(Nc2ncnc(N3CCN(c4ccccn4)CC3)c2N)c1. The molecule has 0 spiro atoms. The Morgan fingerprint density at radius 3 is 2.54 bits per heavy atom. The maximum Gasteiger partial charge on any atom is 0.159 e. The van der Waals surface area contributed by atoms with E-state index in [1.165, 1.54) is 0 Å². The van der Waals surface area contributed by atoms with Crippen molar-refractivity contribution in [3.05, 3.63) is 55.0 Å². The van der Waals surface area contributed by atoms with E-state index in [-0.39, 0.29) is 0 Å². The summed E-state index contributed by atoms with van der Waals surface area (Å²) in [6.45, 7) is 3.35. The fourth-order valence-electron chi connectivity index (χ4n) is 3.26. The first-order chi connectivity index (χ1) is 13.7. The molecule has 0 aliphatic carbocycles. The molecule has 0 radical (unpaired) electrons. The predicted octanol–water partition coefficient (Wildman–Crippen LogP) is 2.53. The second kappa shape index (κ2) is 7.99. The Morgan fingerprint density at radius 1 is 0.964 bits per heavy atom. The molecule has 0 bridgehead atoms. The lowest BCUT2D eigenvalue weighted by molar-refractivity contribution is 0.415. The van der Waals surface area contributed by atoms with Crippen LogP contribution in [-0.4, -0.2) is 48.2 Å². The lowest BCUT2D eigenvalue weighted by Gasteiger charge is -2.36.